The minimum Gasteiger partial charge on any atom is -0.313 e. The third kappa shape index (κ3) is 3.41. The van der Waals surface area contributed by atoms with Gasteiger partial charge in [-0.25, -0.2) is 4.39 Å². The average Bonchev–Trinajstić information content (AvgIpc) is 2.30. The van der Waals surface area contributed by atoms with Crippen molar-refractivity contribution in [3.05, 3.63) is 47.8 Å². The van der Waals surface area contributed by atoms with Crippen molar-refractivity contribution in [1.82, 2.24) is 5.43 Å². The summed E-state index contributed by atoms with van der Waals surface area (Å²) < 4.78 is 13.5. The lowest BCUT2D eigenvalue weighted by molar-refractivity contribution is 0.617. The van der Waals surface area contributed by atoms with Crippen molar-refractivity contribution in [3.63, 3.8) is 0 Å². The summed E-state index contributed by atoms with van der Waals surface area (Å²) in [5.41, 5.74) is 5.09. The molecule has 0 bridgehead atoms. The van der Waals surface area contributed by atoms with Crippen molar-refractivity contribution < 1.29 is 4.39 Å². The highest BCUT2D eigenvalue weighted by atomic mass is 19.1. The number of hydrogen-bond donors (Lipinski definition) is 1. The molecule has 0 saturated carbocycles. The lowest BCUT2D eigenvalue weighted by Gasteiger charge is -2.13. The van der Waals surface area contributed by atoms with Crippen LogP contribution in [0.25, 0.3) is 0 Å². The summed E-state index contributed by atoms with van der Waals surface area (Å²) in [5.74, 6) is 0.0131. The standard InChI is InChI=1S/C14H19FN2/c1-5-6-11(3)14(17-16-4)12-8-7-10(2)13(15)9-12/h5,7-9,11,16H,1,6H2,2-4H3/b17-14+. The molecule has 17 heavy (non-hydrogen) atoms. The van der Waals surface area contributed by atoms with E-state index in [-0.39, 0.29) is 11.7 Å². The van der Waals surface area contributed by atoms with Crippen molar-refractivity contribution in [2.24, 2.45) is 11.0 Å². The van der Waals surface area contributed by atoms with Crippen LogP contribution in [0.5, 0.6) is 0 Å². The Kier molecular flexibility index (Phi) is 4.88. The van der Waals surface area contributed by atoms with E-state index in [1.165, 1.54) is 6.07 Å². The maximum atomic E-state index is 13.5. The van der Waals surface area contributed by atoms with Crippen LogP contribution in [-0.4, -0.2) is 12.8 Å². The first-order chi connectivity index (χ1) is 8.10. The Morgan fingerprint density at radius 1 is 1.59 bits per heavy atom. The van der Waals surface area contributed by atoms with Gasteiger partial charge in [-0.3, -0.25) is 0 Å². The fraction of sp³-hybridized carbons (Fsp3) is 0.357. The lowest BCUT2D eigenvalue weighted by atomic mass is 9.95. The summed E-state index contributed by atoms with van der Waals surface area (Å²) in [6, 6.07) is 5.20. The zero-order valence-electron chi connectivity index (χ0n) is 10.6. The molecule has 2 nitrogen and oxygen atoms in total. The van der Waals surface area contributed by atoms with Gasteiger partial charge < -0.3 is 5.43 Å². The first kappa shape index (κ1) is 13.4. The predicted octanol–water partition coefficient (Wildman–Crippen LogP) is 3.27. The molecule has 1 aromatic carbocycles. The van der Waals surface area contributed by atoms with Crippen molar-refractivity contribution in [3.8, 4) is 0 Å². The van der Waals surface area contributed by atoms with Gasteiger partial charge in [0, 0.05) is 18.5 Å². The summed E-state index contributed by atoms with van der Waals surface area (Å²) in [6.45, 7) is 7.52. The van der Waals surface area contributed by atoms with Gasteiger partial charge in [-0.1, -0.05) is 25.1 Å². The molecule has 1 unspecified atom stereocenters. The van der Waals surface area contributed by atoms with Crippen LogP contribution >= 0.6 is 0 Å². The van der Waals surface area contributed by atoms with Crippen LogP contribution in [0.2, 0.25) is 0 Å². The molecule has 0 aliphatic carbocycles. The molecule has 1 aromatic rings. The lowest BCUT2D eigenvalue weighted by Crippen LogP contribution is -2.16. The maximum Gasteiger partial charge on any atom is 0.126 e. The molecule has 0 radical (unpaired) electrons. The van der Waals surface area contributed by atoms with Gasteiger partial charge >= 0.3 is 0 Å². The molecule has 0 aliphatic rings. The summed E-state index contributed by atoms with van der Waals surface area (Å²) >= 11 is 0. The van der Waals surface area contributed by atoms with Gasteiger partial charge in [0.15, 0.2) is 0 Å². The van der Waals surface area contributed by atoms with Gasteiger partial charge in [-0.05, 0) is 25.0 Å². The predicted molar refractivity (Wildman–Crippen MR) is 70.7 cm³/mol. The molecule has 3 heteroatoms. The van der Waals surface area contributed by atoms with E-state index >= 15 is 0 Å². The van der Waals surface area contributed by atoms with Crippen LogP contribution in [-0.2, 0) is 0 Å². The zero-order chi connectivity index (χ0) is 12.8. The molecule has 0 heterocycles. The summed E-state index contributed by atoms with van der Waals surface area (Å²) in [6.07, 6.45) is 2.66. The highest BCUT2D eigenvalue weighted by molar-refractivity contribution is 6.02. The quantitative estimate of drug-likeness (QED) is 0.472. The van der Waals surface area contributed by atoms with Crippen molar-refractivity contribution in [1.29, 1.82) is 0 Å². The Morgan fingerprint density at radius 3 is 2.82 bits per heavy atom. The number of nitrogens with one attached hydrogen (secondary N) is 1. The molecule has 92 valence electrons. The molecule has 0 aliphatic heterocycles. The number of allylic oxidation sites excluding steroid dienone is 1. The molecule has 1 N–H and O–H groups in total. The molecule has 0 aromatic heterocycles. The van der Waals surface area contributed by atoms with Crippen LogP contribution in [0.15, 0.2) is 36.0 Å². The van der Waals surface area contributed by atoms with Crippen LogP contribution in [0.3, 0.4) is 0 Å². The van der Waals surface area contributed by atoms with E-state index in [2.05, 4.69) is 24.0 Å². The average molecular weight is 234 g/mol. The van der Waals surface area contributed by atoms with Gasteiger partial charge in [0.05, 0.1) is 5.71 Å². The monoisotopic (exact) mass is 234 g/mol. The second kappa shape index (κ2) is 6.18. The van der Waals surface area contributed by atoms with E-state index in [0.717, 1.165) is 17.7 Å². The number of hydrogen-bond acceptors (Lipinski definition) is 2. The van der Waals surface area contributed by atoms with Crippen LogP contribution < -0.4 is 5.43 Å². The van der Waals surface area contributed by atoms with E-state index < -0.39 is 0 Å². The highest BCUT2D eigenvalue weighted by Gasteiger charge is 2.13. The normalized spacial score (nSPS) is 13.3. The molecule has 0 fully saturated rings. The summed E-state index contributed by atoms with van der Waals surface area (Å²) in [5, 5.41) is 4.24. The van der Waals surface area contributed by atoms with Crippen LogP contribution in [0.4, 0.5) is 4.39 Å². The third-order valence-electron chi connectivity index (χ3n) is 2.69. The van der Waals surface area contributed by atoms with Gasteiger partial charge in [0.25, 0.3) is 0 Å². The first-order valence-electron chi connectivity index (χ1n) is 5.71. The topological polar surface area (TPSA) is 24.4 Å². The highest BCUT2D eigenvalue weighted by Crippen LogP contribution is 2.16. The molecule has 1 rings (SSSR count). The Hall–Kier alpha value is -1.64. The number of halogens is 1. The number of rotatable bonds is 5. The SMILES string of the molecule is C=CCC(C)/C(=N\NC)c1ccc(C)c(F)c1. The molecular weight excluding hydrogens is 215 g/mol. The Balaban J connectivity index is 3.10. The summed E-state index contributed by atoms with van der Waals surface area (Å²) in [7, 11) is 1.74. The van der Waals surface area contributed by atoms with E-state index in [1.54, 1.807) is 20.0 Å². The van der Waals surface area contributed by atoms with Gasteiger partial charge in [0.2, 0.25) is 0 Å². The van der Waals surface area contributed by atoms with E-state index in [9.17, 15) is 4.39 Å². The number of hydrazone groups is 1. The molecule has 0 amide bonds. The maximum absolute atomic E-state index is 13.5. The first-order valence-corrected chi connectivity index (χ1v) is 5.71. The van der Waals surface area contributed by atoms with Crippen LogP contribution in [0, 0.1) is 18.7 Å². The second-order valence-corrected chi connectivity index (χ2v) is 4.11. The van der Waals surface area contributed by atoms with Crippen LogP contribution in [0.1, 0.15) is 24.5 Å². The van der Waals surface area contributed by atoms with Gasteiger partial charge in [0.1, 0.15) is 5.82 Å². The van der Waals surface area contributed by atoms with Crippen molar-refractivity contribution >= 4 is 5.71 Å². The van der Waals surface area contributed by atoms with Gasteiger partial charge in [-0.15, -0.1) is 6.58 Å². The number of benzene rings is 1. The zero-order valence-corrected chi connectivity index (χ0v) is 10.6. The largest absolute Gasteiger partial charge is 0.313 e. The number of aryl methyl sites for hydroxylation is 1. The Morgan fingerprint density at radius 2 is 2.29 bits per heavy atom. The van der Waals surface area contributed by atoms with E-state index in [1.807, 2.05) is 12.1 Å². The van der Waals surface area contributed by atoms with E-state index in [0.29, 0.717) is 5.56 Å². The smallest absolute Gasteiger partial charge is 0.126 e. The second-order valence-electron chi connectivity index (χ2n) is 4.11. The fourth-order valence-corrected chi connectivity index (χ4v) is 1.69. The minimum atomic E-state index is -0.197. The Bertz CT molecular complexity index is 424. The fourth-order valence-electron chi connectivity index (χ4n) is 1.69. The molecule has 1 atom stereocenters. The molecular formula is C14H19FN2. The van der Waals surface area contributed by atoms with Crippen molar-refractivity contribution in [2.45, 2.75) is 20.3 Å². The van der Waals surface area contributed by atoms with Gasteiger partial charge in [-0.2, -0.15) is 5.10 Å². The summed E-state index contributed by atoms with van der Waals surface area (Å²) in [4.78, 5) is 0. The van der Waals surface area contributed by atoms with Crippen molar-refractivity contribution in [2.75, 3.05) is 7.05 Å². The molecule has 0 spiro atoms. The third-order valence-corrected chi connectivity index (χ3v) is 2.69. The minimum absolute atomic E-state index is 0.197. The van der Waals surface area contributed by atoms with E-state index in [4.69, 9.17) is 0 Å². The molecule has 0 saturated heterocycles. The number of nitrogens with zero attached hydrogens (tertiary/aromatic N) is 1. The Labute approximate surface area is 102 Å².